The van der Waals surface area contributed by atoms with Gasteiger partial charge in [0, 0.05) is 31.2 Å². The Balaban J connectivity index is 0.942. The van der Waals surface area contributed by atoms with E-state index in [1.54, 1.807) is 26.0 Å². The predicted octanol–water partition coefficient (Wildman–Crippen LogP) is 5.44. The zero-order chi connectivity index (χ0) is 40.5. The maximum atomic E-state index is 13.7. The maximum Gasteiger partial charge on any atom is 0.419 e. The lowest BCUT2D eigenvalue weighted by Gasteiger charge is -2.42. The molecule has 3 aliphatic heterocycles. The molecule has 3 saturated heterocycles. The molecule has 0 bridgehead atoms. The molecule has 5 heterocycles. The molecule has 4 aliphatic rings. The van der Waals surface area contributed by atoms with E-state index in [0.717, 1.165) is 62.1 Å². The molecule has 0 aromatic carbocycles. The molecular formula is C39H47F3N8O5S. The van der Waals surface area contributed by atoms with Crippen LogP contribution in [0.15, 0.2) is 30.6 Å². The lowest BCUT2D eigenvalue weighted by Crippen LogP contribution is -2.51. The van der Waals surface area contributed by atoms with E-state index in [2.05, 4.69) is 39.3 Å². The third-order valence-electron chi connectivity index (χ3n) is 11.7. The van der Waals surface area contributed by atoms with Crippen LogP contribution in [0.4, 0.5) is 24.5 Å². The SMILES string of the molecule is C[C@@H]1CC(OCC[C@H]2CC[C@H](N3C(=S)N(c4cnc(C#N)c(C(F)(F)F)c4)C(=O)C3(C)C)CC2)C[C@H](C)N1CC(=O)Nc1ccc(C2CCC(=O)NC2=O)nc1. The van der Waals surface area contributed by atoms with Crippen LogP contribution in [0.25, 0.3) is 0 Å². The number of piperidine rings is 2. The summed E-state index contributed by atoms with van der Waals surface area (Å²) < 4.78 is 47.4. The number of halogens is 3. The number of rotatable bonds is 10. The molecule has 1 aliphatic carbocycles. The number of imide groups is 1. The molecule has 13 nitrogen and oxygen atoms in total. The Morgan fingerprint density at radius 2 is 1.77 bits per heavy atom. The number of hydrogen-bond acceptors (Lipinski definition) is 10. The number of hydrogen-bond donors (Lipinski definition) is 2. The standard InChI is InChI=1S/C39H47F3N8O5S/c1-22-15-28(16-23(2)48(22)21-34(52)46-25-7-11-31(44-19-25)29-10-12-33(51)47-35(29)53)55-14-13-24-5-8-26(9-6-24)50-37(56)49(36(54)38(50,3)4)27-17-30(39(40,41)42)32(18-43)45-20-27/h7,11,17,19-20,22-24,26,28-29H,5-6,8-10,12-16,21H2,1-4H3,(H,46,52)(H,47,51,53)/t22-,23+,24-,26-,28?,29?. The van der Waals surface area contributed by atoms with Gasteiger partial charge in [-0.3, -0.25) is 39.3 Å². The largest absolute Gasteiger partial charge is 0.419 e. The number of amides is 4. The third kappa shape index (κ3) is 8.72. The second kappa shape index (κ2) is 16.5. The molecule has 4 fully saturated rings. The molecule has 6 rings (SSSR count). The van der Waals surface area contributed by atoms with Gasteiger partial charge in [-0.2, -0.15) is 18.4 Å². The highest BCUT2D eigenvalue weighted by atomic mass is 32.1. The highest BCUT2D eigenvalue weighted by molar-refractivity contribution is 7.80. The summed E-state index contributed by atoms with van der Waals surface area (Å²) in [6.07, 6.45) is 4.31. The topological polar surface area (TPSA) is 161 Å². The number of thiocarbonyl (C=S) groups is 1. The van der Waals surface area contributed by atoms with Crippen molar-refractivity contribution in [1.29, 1.82) is 5.26 Å². The number of alkyl halides is 3. The molecule has 2 N–H and O–H groups in total. The number of pyridine rings is 2. The molecular weight excluding hydrogens is 750 g/mol. The van der Waals surface area contributed by atoms with Crippen LogP contribution in [0.1, 0.15) is 108 Å². The number of ether oxygens (including phenoxy) is 1. The van der Waals surface area contributed by atoms with Crippen LogP contribution in [0.5, 0.6) is 0 Å². The first-order chi connectivity index (χ1) is 26.5. The van der Waals surface area contributed by atoms with Gasteiger partial charge in [0.25, 0.3) is 5.91 Å². The van der Waals surface area contributed by atoms with Crippen LogP contribution in [0.2, 0.25) is 0 Å². The first-order valence-electron chi connectivity index (χ1n) is 19.1. The molecule has 17 heteroatoms. The van der Waals surface area contributed by atoms with Gasteiger partial charge in [0.2, 0.25) is 17.7 Å². The second-order valence-electron chi connectivity index (χ2n) is 15.9. The Labute approximate surface area is 329 Å². The third-order valence-corrected chi connectivity index (χ3v) is 12.0. The van der Waals surface area contributed by atoms with Crippen LogP contribution in [-0.4, -0.2) is 91.4 Å². The molecule has 56 heavy (non-hydrogen) atoms. The fourth-order valence-corrected chi connectivity index (χ4v) is 9.23. The maximum absolute atomic E-state index is 13.7. The minimum atomic E-state index is -4.82. The Bertz CT molecular complexity index is 1880. The molecule has 4 amide bonds. The number of carbonyl (C=O) groups excluding carboxylic acids is 4. The van der Waals surface area contributed by atoms with E-state index in [9.17, 15) is 32.3 Å². The molecule has 0 spiro atoms. The first-order valence-corrected chi connectivity index (χ1v) is 19.5. The van der Waals surface area contributed by atoms with Crippen LogP contribution in [-0.2, 0) is 30.1 Å². The van der Waals surface area contributed by atoms with E-state index >= 15 is 0 Å². The first kappa shape index (κ1) is 41.1. The monoisotopic (exact) mass is 796 g/mol. The summed E-state index contributed by atoms with van der Waals surface area (Å²) in [7, 11) is 0. The summed E-state index contributed by atoms with van der Waals surface area (Å²) in [6, 6.07) is 5.83. The van der Waals surface area contributed by atoms with Gasteiger partial charge in [-0.05, 0) is 115 Å². The number of likely N-dealkylation sites (tertiary alicyclic amines) is 1. The second-order valence-corrected chi connectivity index (χ2v) is 16.2. The smallest absolute Gasteiger partial charge is 0.378 e. The summed E-state index contributed by atoms with van der Waals surface area (Å²) >= 11 is 5.72. The van der Waals surface area contributed by atoms with Crippen molar-refractivity contribution in [1.82, 2.24) is 25.1 Å². The highest BCUT2D eigenvalue weighted by Crippen LogP contribution is 2.41. The molecule has 300 valence electrons. The Morgan fingerprint density at radius 3 is 2.38 bits per heavy atom. The van der Waals surface area contributed by atoms with Crippen molar-refractivity contribution >= 4 is 52.3 Å². The summed E-state index contributed by atoms with van der Waals surface area (Å²) in [5.41, 5.74) is -2.07. The van der Waals surface area contributed by atoms with Crippen LogP contribution in [0.3, 0.4) is 0 Å². The van der Waals surface area contributed by atoms with Gasteiger partial charge in [-0.15, -0.1) is 0 Å². The lowest BCUT2D eigenvalue weighted by molar-refractivity contribution is -0.138. The van der Waals surface area contributed by atoms with E-state index < -0.39 is 34.8 Å². The zero-order valence-electron chi connectivity index (χ0n) is 31.9. The minimum absolute atomic E-state index is 0.0614. The van der Waals surface area contributed by atoms with E-state index in [1.165, 1.54) is 12.3 Å². The van der Waals surface area contributed by atoms with E-state index in [0.29, 0.717) is 30.3 Å². The zero-order valence-corrected chi connectivity index (χ0v) is 32.7. The number of carbonyl (C=O) groups is 4. The average molecular weight is 797 g/mol. The van der Waals surface area contributed by atoms with Crippen LogP contribution in [0, 0.1) is 17.2 Å². The number of nitrogens with one attached hydrogen (secondary N) is 2. The van der Waals surface area contributed by atoms with Gasteiger partial charge in [-0.1, -0.05) is 0 Å². The molecule has 2 aromatic rings. The quantitative estimate of drug-likeness (QED) is 0.233. The van der Waals surface area contributed by atoms with Crippen molar-refractivity contribution in [2.75, 3.05) is 23.4 Å². The molecule has 1 saturated carbocycles. The summed E-state index contributed by atoms with van der Waals surface area (Å²) in [5.74, 6) is -1.31. The van der Waals surface area contributed by atoms with Crippen molar-refractivity contribution in [3.8, 4) is 6.07 Å². The Kier molecular flexibility index (Phi) is 12.1. The Hall–Kier alpha value is -4.53. The van der Waals surface area contributed by atoms with Crippen molar-refractivity contribution in [3.63, 3.8) is 0 Å². The minimum Gasteiger partial charge on any atom is -0.378 e. The molecule has 4 atom stereocenters. The normalized spacial score (nSPS) is 27.2. The van der Waals surface area contributed by atoms with Crippen molar-refractivity contribution in [2.45, 2.75) is 127 Å². The summed E-state index contributed by atoms with van der Waals surface area (Å²) in [6.45, 7) is 8.47. The summed E-state index contributed by atoms with van der Waals surface area (Å²) in [5, 5.41) is 14.5. The van der Waals surface area contributed by atoms with Gasteiger partial charge in [0.05, 0.1) is 53.6 Å². The Morgan fingerprint density at radius 1 is 1.07 bits per heavy atom. The lowest BCUT2D eigenvalue weighted by atomic mass is 9.82. The number of anilines is 2. The van der Waals surface area contributed by atoms with Gasteiger partial charge < -0.3 is 15.0 Å². The predicted molar refractivity (Wildman–Crippen MR) is 203 cm³/mol. The number of aromatic nitrogens is 2. The van der Waals surface area contributed by atoms with Crippen LogP contribution < -0.4 is 15.5 Å². The van der Waals surface area contributed by atoms with E-state index in [-0.39, 0.29) is 65.7 Å². The molecule has 0 radical (unpaired) electrons. The van der Waals surface area contributed by atoms with Crippen molar-refractivity contribution in [2.24, 2.45) is 5.92 Å². The number of nitriles is 1. The fraction of sp³-hybridized carbons (Fsp3) is 0.590. The molecule has 2 unspecified atom stereocenters. The van der Waals surface area contributed by atoms with E-state index in [1.807, 2.05) is 4.90 Å². The van der Waals surface area contributed by atoms with Gasteiger partial charge in [0.15, 0.2) is 10.8 Å². The van der Waals surface area contributed by atoms with Gasteiger partial charge >= 0.3 is 6.18 Å². The number of nitrogens with zero attached hydrogens (tertiary/aromatic N) is 6. The summed E-state index contributed by atoms with van der Waals surface area (Å²) in [4.78, 5) is 63.4. The fourth-order valence-electron chi connectivity index (χ4n) is 8.66. The van der Waals surface area contributed by atoms with Crippen molar-refractivity contribution < 1.29 is 37.1 Å². The van der Waals surface area contributed by atoms with Gasteiger partial charge in [-0.25, -0.2) is 4.98 Å². The van der Waals surface area contributed by atoms with Gasteiger partial charge in [0.1, 0.15) is 11.6 Å². The van der Waals surface area contributed by atoms with Crippen molar-refractivity contribution in [3.05, 3.63) is 47.5 Å². The molecule has 2 aromatic heterocycles. The average Bonchev–Trinajstić information content (AvgIpc) is 3.32. The highest BCUT2D eigenvalue weighted by Gasteiger charge is 2.53. The van der Waals surface area contributed by atoms with Crippen LogP contribution >= 0.6 is 12.2 Å². The van der Waals surface area contributed by atoms with E-state index in [4.69, 9.17) is 22.2 Å².